The SMILES string of the molecule is N=C(N)c1sccc1-c1ccc2ccn(CCN3CCCCC3)c2c1. The number of nitrogens with zero attached hydrogens (tertiary/aromatic N) is 2. The number of piperidine rings is 1. The lowest BCUT2D eigenvalue weighted by atomic mass is 10.0. The van der Waals surface area contributed by atoms with Crippen LogP contribution in [0.15, 0.2) is 41.9 Å². The average molecular weight is 353 g/mol. The van der Waals surface area contributed by atoms with Crippen molar-refractivity contribution >= 4 is 28.1 Å². The van der Waals surface area contributed by atoms with E-state index in [1.54, 1.807) is 0 Å². The van der Waals surface area contributed by atoms with Crippen molar-refractivity contribution in [3.05, 3.63) is 46.8 Å². The first-order valence-corrected chi connectivity index (χ1v) is 9.84. The van der Waals surface area contributed by atoms with E-state index < -0.39 is 0 Å². The number of likely N-dealkylation sites (tertiary alicyclic amines) is 1. The standard InChI is InChI=1S/C20H24N4S/c21-20(22)19-17(7-13-25-19)16-5-4-15-6-10-24(18(15)14-16)12-11-23-8-2-1-3-9-23/h4-7,10,13-14H,1-3,8-9,11-12H2,(H3,21,22). The minimum Gasteiger partial charge on any atom is -0.383 e. The lowest BCUT2D eigenvalue weighted by Crippen LogP contribution is -2.32. The van der Waals surface area contributed by atoms with Crippen LogP contribution in [0, 0.1) is 5.41 Å². The van der Waals surface area contributed by atoms with Crippen molar-refractivity contribution in [1.29, 1.82) is 5.41 Å². The van der Waals surface area contributed by atoms with Gasteiger partial charge in [-0.2, -0.15) is 0 Å². The first kappa shape index (κ1) is 16.4. The van der Waals surface area contributed by atoms with Gasteiger partial charge in [-0.25, -0.2) is 0 Å². The molecule has 0 spiro atoms. The van der Waals surface area contributed by atoms with Gasteiger partial charge in [0.1, 0.15) is 5.84 Å². The van der Waals surface area contributed by atoms with E-state index in [2.05, 4.69) is 46.0 Å². The molecular weight excluding hydrogens is 328 g/mol. The van der Waals surface area contributed by atoms with Gasteiger partial charge >= 0.3 is 0 Å². The summed E-state index contributed by atoms with van der Waals surface area (Å²) in [5.74, 6) is 0.144. The van der Waals surface area contributed by atoms with E-state index in [1.807, 2.05) is 5.38 Å². The molecule has 3 heterocycles. The second-order valence-corrected chi connectivity index (χ2v) is 7.68. The van der Waals surface area contributed by atoms with E-state index >= 15 is 0 Å². The molecule has 0 atom stereocenters. The predicted molar refractivity (Wildman–Crippen MR) is 107 cm³/mol. The summed E-state index contributed by atoms with van der Waals surface area (Å²) in [7, 11) is 0. The lowest BCUT2D eigenvalue weighted by Gasteiger charge is -2.26. The van der Waals surface area contributed by atoms with Crippen LogP contribution in [0.2, 0.25) is 0 Å². The molecule has 0 aliphatic carbocycles. The third-order valence-electron chi connectivity index (χ3n) is 5.10. The van der Waals surface area contributed by atoms with E-state index in [0.29, 0.717) is 0 Å². The van der Waals surface area contributed by atoms with E-state index in [9.17, 15) is 0 Å². The van der Waals surface area contributed by atoms with Crippen LogP contribution in [0.5, 0.6) is 0 Å². The van der Waals surface area contributed by atoms with Gasteiger partial charge < -0.3 is 15.2 Å². The van der Waals surface area contributed by atoms with Crippen molar-refractivity contribution in [1.82, 2.24) is 9.47 Å². The predicted octanol–water partition coefficient (Wildman–Crippen LogP) is 4.14. The fourth-order valence-electron chi connectivity index (χ4n) is 3.72. The number of amidine groups is 1. The number of rotatable bonds is 5. The maximum absolute atomic E-state index is 7.77. The number of fused-ring (bicyclic) bond motifs is 1. The van der Waals surface area contributed by atoms with E-state index in [1.165, 1.54) is 54.6 Å². The number of nitrogens with one attached hydrogen (secondary N) is 1. The average Bonchev–Trinajstić information content (AvgIpc) is 3.27. The summed E-state index contributed by atoms with van der Waals surface area (Å²) in [4.78, 5) is 3.43. The van der Waals surface area contributed by atoms with Gasteiger partial charge in [0.15, 0.2) is 0 Å². The fraction of sp³-hybridized carbons (Fsp3) is 0.350. The molecule has 0 unspecified atom stereocenters. The highest BCUT2D eigenvalue weighted by Crippen LogP contribution is 2.30. The van der Waals surface area contributed by atoms with Gasteiger partial charge in [-0.05, 0) is 60.5 Å². The number of hydrogen-bond donors (Lipinski definition) is 2. The maximum atomic E-state index is 7.77. The molecule has 1 aliphatic rings. The van der Waals surface area contributed by atoms with E-state index in [0.717, 1.165) is 29.1 Å². The number of nitrogen functional groups attached to an aromatic ring is 1. The second-order valence-electron chi connectivity index (χ2n) is 6.76. The van der Waals surface area contributed by atoms with Gasteiger partial charge in [-0.3, -0.25) is 5.41 Å². The van der Waals surface area contributed by atoms with Crippen LogP contribution < -0.4 is 5.73 Å². The monoisotopic (exact) mass is 352 g/mol. The van der Waals surface area contributed by atoms with Crippen LogP contribution in [0.4, 0.5) is 0 Å². The molecule has 3 N–H and O–H groups in total. The van der Waals surface area contributed by atoms with Crippen molar-refractivity contribution < 1.29 is 0 Å². The topological polar surface area (TPSA) is 58.0 Å². The van der Waals surface area contributed by atoms with Crippen LogP contribution in [0.25, 0.3) is 22.0 Å². The third-order valence-corrected chi connectivity index (χ3v) is 6.05. The van der Waals surface area contributed by atoms with Gasteiger partial charge in [0, 0.05) is 30.4 Å². The summed E-state index contributed by atoms with van der Waals surface area (Å²) >= 11 is 1.53. The number of benzene rings is 1. The van der Waals surface area contributed by atoms with Crippen molar-refractivity contribution in [2.75, 3.05) is 19.6 Å². The summed E-state index contributed by atoms with van der Waals surface area (Å²) in [6.07, 6.45) is 6.24. The highest BCUT2D eigenvalue weighted by Gasteiger charge is 2.13. The van der Waals surface area contributed by atoms with Gasteiger partial charge in [0.05, 0.1) is 4.88 Å². The van der Waals surface area contributed by atoms with Crippen LogP contribution in [-0.4, -0.2) is 34.9 Å². The Balaban J connectivity index is 1.61. The summed E-state index contributed by atoms with van der Waals surface area (Å²) in [6, 6.07) is 10.8. The van der Waals surface area contributed by atoms with Crippen LogP contribution in [-0.2, 0) is 6.54 Å². The Hall–Kier alpha value is -2.11. The van der Waals surface area contributed by atoms with Crippen molar-refractivity contribution in [2.45, 2.75) is 25.8 Å². The number of nitrogens with two attached hydrogens (primary N) is 1. The fourth-order valence-corrected chi connectivity index (χ4v) is 4.50. The zero-order valence-electron chi connectivity index (χ0n) is 14.4. The first-order chi connectivity index (χ1) is 12.2. The minimum atomic E-state index is 0.144. The minimum absolute atomic E-state index is 0.144. The number of thiophene rings is 1. The molecule has 0 amide bonds. The molecule has 1 aromatic carbocycles. The van der Waals surface area contributed by atoms with Gasteiger partial charge in [0.2, 0.25) is 0 Å². The van der Waals surface area contributed by atoms with Crippen LogP contribution >= 0.6 is 11.3 Å². The second kappa shape index (κ2) is 7.02. The highest BCUT2D eigenvalue weighted by molar-refractivity contribution is 7.12. The quantitative estimate of drug-likeness (QED) is 0.535. The molecule has 1 saturated heterocycles. The van der Waals surface area contributed by atoms with Gasteiger partial charge in [-0.15, -0.1) is 11.3 Å². The van der Waals surface area contributed by atoms with Crippen molar-refractivity contribution in [3.8, 4) is 11.1 Å². The van der Waals surface area contributed by atoms with Gasteiger partial charge in [0.25, 0.3) is 0 Å². The molecule has 0 saturated carbocycles. The molecule has 130 valence electrons. The largest absolute Gasteiger partial charge is 0.383 e. The van der Waals surface area contributed by atoms with Crippen LogP contribution in [0.3, 0.4) is 0 Å². The zero-order valence-corrected chi connectivity index (χ0v) is 15.2. The van der Waals surface area contributed by atoms with E-state index in [4.69, 9.17) is 11.1 Å². The summed E-state index contributed by atoms with van der Waals surface area (Å²) < 4.78 is 2.35. The number of hydrogen-bond acceptors (Lipinski definition) is 3. The summed E-state index contributed by atoms with van der Waals surface area (Å²) in [5, 5.41) is 11.0. The third kappa shape index (κ3) is 3.34. The molecule has 0 bridgehead atoms. The van der Waals surface area contributed by atoms with Crippen molar-refractivity contribution in [3.63, 3.8) is 0 Å². The zero-order chi connectivity index (χ0) is 17.2. The molecule has 1 aliphatic heterocycles. The molecule has 2 aromatic heterocycles. The summed E-state index contributed by atoms with van der Waals surface area (Å²) in [5.41, 5.74) is 9.19. The summed E-state index contributed by atoms with van der Waals surface area (Å²) in [6.45, 7) is 4.62. The molecule has 1 fully saturated rings. The Labute approximate surface area is 152 Å². The highest BCUT2D eigenvalue weighted by atomic mass is 32.1. The molecule has 25 heavy (non-hydrogen) atoms. The van der Waals surface area contributed by atoms with Crippen molar-refractivity contribution in [2.24, 2.45) is 5.73 Å². The Kier molecular flexibility index (Phi) is 4.59. The van der Waals surface area contributed by atoms with Gasteiger partial charge in [-0.1, -0.05) is 18.6 Å². The van der Waals surface area contributed by atoms with Crippen LogP contribution in [0.1, 0.15) is 24.1 Å². The Morgan fingerprint density at radius 1 is 1.08 bits per heavy atom. The molecule has 5 heteroatoms. The molecule has 3 aromatic rings. The first-order valence-electron chi connectivity index (χ1n) is 8.96. The number of aromatic nitrogens is 1. The normalized spacial score (nSPS) is 15.7. The Morgan fingerprint density at radius 3 is 2.72 bits per heavy atom. The van der Waals surface area contributed by atoms with E-state index in [-0.39, 0.29) is 5.84 Å². The Bertz CT molecular complexity index is 886. The smallest absolute Gasteiger partial charge is 0.133 e. The molecular formula is C20H24N4S. The molecule has 4 rings (SSSR count). The lowest BCUT2D eigenvalue weighted by molar-refractivity contribution is 0.221. The molecule has 4 nitrogen and oxygen atoms in total. The molecule has 0 radical (unpaired) electrons. The maximum Gasteiger partial charge on any atom is 0.133 e. The Morgan fingerprint density at radius 2 is 1.92 bits per heavy atom.